The van der Waals surface area contributed by atoms with E-state index in [1.165, 1.54) is 53.6 Å². The van der Waals surface area contributed by atoms with E-state index in [9.17, 15) is 0 Å². The molecule has 1 aliphatic carbocycles. The second-order valence-electron chi connectivity index (χ2n) is 6.12. The Balaban J connectivity index is 1.80. The summed E-state index contributed by atoms with van der Waals surface area (Å²) in [5.74, 6) is 0. The van der Waals surface area contributed by atoms with Gasteiger partial charge in [0.05, 0.1) is 0 Å². The van der Waals surface area contributed by atoms with Crippen molar-refractivity contribution in [1.82, 2.24) is 0 Å². The van der Waals surface area contributed by atoms with E-state index in [4.69, 9.17) is 0 Å². The van der Waals surface area contributed by atoms with E-state index < -0.39 is 0 Å². The SMILES string of the molecule is CCCC(CCC)Nc1ccc2c(c1)Cc1ccccc1-2. The zero-order valence-electron chi connectivity index (χ0n) is 13.2. The highest BCUT2D eigenvalue weighted by Gasteiger charge is 2.18. The van der Waals surface area contributed by atoms with Crippen LogP contribution in [0.2, 0.25) is 0 Å². The smallest absolute Gasteiger partial charge is 0.0345 e. The van der Waals surface area contributed by atoms with Gasteiger partial charge in [0.25, 0.3) is 0 Å². The molecule has 0 aromatic heterocycles. The Labute approximate surface area is 128 Å². The van der Waals surface area contributed by atoms with Gasteiger partial charge in [0.15, 0.2) is 0 Å². The van der Waals surface area contributed by atoms with Gasteiger partial charge in [-0.2, -0.15) is 0 Å². The molecular formula is C20H25N. The number of fused-ring (bicyclic) bond motifs is 3. The van der Waals surface area contributed by atoms with Gasteiger partial charge in [0.2, 0.25) is 0 Å². The molecule has 1 nitrogen and oxygen atoms in total. The molecule has 2 aromatic carbocycles. The molecular weight excluding hydrogens is 254 g/mol. The maximum absolute atomic E-state index is 3.74. The van der Waals surface area contributed by atoms with E-state index in [1.807, 2.05) is 0 Å². The summed E-state index contributed by atoms with van der Waals surface area (Å²) in [5, 5.41) is 3.74. The molecule has 0 atom stereocenters. The Bertz CT molecular complexity index is 609. The van der Waals surface area contributed by atoms with Crippen LogP contribution in [-0.4, -0.2) is 6.04 Å². The van der Waals surface area contributed by atoms with Gasteiger partial charge in [-0.15, -0.1) is 0 Å². The number of hydrogen-bond acceptors (Lipinski definition) is 1. The molecule has 21 heavy (non-hydrogen) atoms. The first-order chi connectivity index (χ1) is 10.3. The van der Waals surface area contributed by atoms with E-state index in [0.717, 1.165) is 6.42 Å². The van der Waals surface area contributed by atoms with Gasteiger partial charge in [0.1, 0.15) is 0 Å². The average Bonchev–Trinajstić information content (AvgIpc) is 2.85. The van der Waals surface area contributed by atoms with Gasteiger partial charge in [-0.25, -0.2) is 0 Å². The fourth-order valence-corrected chi connectivity index (χ4v) is 3.46. The summed E-state index contributed by atoms with van der Waals surface area (Å²) in [7, 11) is 0. The second-order valence-corrected chi connectivity index (χ2v) is 6.12. The van der Waals surface area contributed by atoms with Gasteiger partial charge >= 0.3 is 0 Å². The summed E-state index contributed by atoms with van der Waals surface area (Å²) >= 11 is 0. The Morgan fingerprint density at radius 3 is 2.38 bits per heavy atom. The maximum Gasteiger partial charge on any atom is 0.0345 e. The van der Waals surface area contributed by atoms with Crippen molar-refractivity contribution in [2.24, 2.45) is 0 Å². The predicted octanol–water partition coefficient (Wildman–Crippen LogP) is 5.64. The molecule has 0 saturated carbocycles. The van der Waals surface area contributed by atoms with Gasteiger partial charge in [-0.05, 0) is 53.6 Å². The average molecular weight is 279 g/mol. The number of rotatable bonds is 6. The summed E-state index contributed by atoms with van der Waals surface area (Å²) in [5.41, 5.74) is 7.04. The molecule has 0 saturated heterocycles. The normalized spacial score (nSPS) is 12.3. The minimum Gasteiger partial charge on any atom is -0.382 e. The molecule has 1 N–H and O–H groups in total. The van der Waals surface area contributed by atoms with Crippen LogP contribution in [0.4, 0.5) is 5.69 Å². The van der Waals surface area contributed by atoms with Crippen LogP contribution < -0.4 is 5.32 Å². The minimum absolute atomic E-state index is 0.613. The zero-order chi connectivity index (χ0) is 14.7. The summed E-state index contributed by atoms with van der Waals surface area (Å²) in [6.45, 7) is 4.54. The lowest BCUT2D eigenvalue weighted by atomic mass is 10.0. The van der Waals surface area contributed by atoms with Crippen LogP contribution in [0, 0.1) is 0 Å². The van der Waals surface area contributed by atoms with Crippen LogP contribution in [-0.2, 0) is 6.42 Å². The second kappa shape index (κ2) is 6.34. The van der Waals surface area contributed by atoms with Crippen LogP contribution in [0.5, 0.6) is 0 Å². The molecule has 0 bridgehead atoms. The zero-order valence-corrected chi connectivity index (χ0v) is 13.2. The number of anilines is 1. The monoisotopic (exact) mass is 279 g/mol. The quantitative estimate of drug-likeness (QED) is 0.616. The maximum atomic E-state index is 3.74. The van der Waals surface area contributed by atoms with Crippen LogP contribution in [0.15, 0.2) is 42.5 Å². The lowest BCUT2D eigenvalue weighted by molar-refractivity contribution is 0.586. The topological polar surface area (TPSA) is 12.0 Å². The Morgan fingerprint density at radius 1 is 0.905 bits per heavy atom. The summed E-state index contributed by atoms with van der Waals surface area (Å²) in [6.07, 6.45) is 6.08. The van der Waals surface area contributed by atoms with E-state index in [0.29, 0.717) is 6.04 Å². The highest BCUT2D eigenvalue weighted by atomic mass is 14.9. The van der Waals surface area contributed by atoms with Crippen LogP contribution >= 0.6 is 0 Å². The molecule has 1 aliphatic rings. The van der Waals surface area contributed by atoms with Gasteiger partial charge in [0, 0.05) is 11.7 Å². The van der Waals surface area contributed by atoms with Gasteiger partial charge < -0.3 is 5.32 Å². The van der Waals surface area contributed by atoms with Crippen molar-refractivity contribution in [3.63, 3.8) is 0 Å². The van der Waals surface area contributed by atoms with E-state index >= 15 is 0 Å². The van der Waals surface area contributed by atoms with Crippen LogP contribution in [0.25, 0.3) is 11.1 Å². The number of nitrogens with one attached hydrogen (secondary N) is 1. The molecule has 110 valence electrons. The first-order valence-corrected chi connectivity index (χ1v) is 8.29. The van der Waals surface area contributed by atoms with Crippen LogP contribution in [0.3, 0.4) is 0 Å². The highest BCUT2D eigenvalue weighted by molar-refractivity contribution is 5.78. The van der Waals surface area contributed by atoms with Crippen molar-refractivity contribution >= 4 is 5.69 Å². The minimum atomic E-state index is 0.613. The van der Waals surface area contributed by atoms with Crippen molar-refractivity contribution in [1.29, 1.82) is 0 Å². The van der Waals surface area contributed by atoms with Gasteiger partial charge in [-0.1, -0.05) is 57.0 Å². The predicted molar refractivity (Wildman–Crippen MR) is 91.9 cm³/mol. The summed E-state index contributed by atoms with van der Waals surface area (Å²) < 4.78 is 0. The molecule has 0 aliphatic heterocycles. The molecule has 0 unspecified atom stereocenters. The fourth-order valence-electron chi connectivity index (χ4n) is 3.46. The lowest BCUT2D eigenvalue weighted by Crippen LogP contribution is -2.18. The summed E-state index contributed by atoms with van der Waals surface area (Å²) in [6, 6.07) is 16.3. The third kappa shape index (κ3) is 2.97. The van der Waals surface area contributed by atoms with Gasteiger partial charge in [-0.3, -0.25) is 0 Å². The fraction of sp³-hybridized carbons (Fsp3) is 0.400. The Morgan fingerprint density at radius 2 is 1.62 bits per heavy atom. The molecule has 1 heteroatoms. The van der Waals surface area contributed by atoms with Crippen molar-refractivity contribution in [3.8, 4) is 11.1 Å². The lowest BCUT2D eigenvalue weighted by Gasteiger charge is -2.19. The largest absolute Gasteiger partial charge is 0.382 e. The van der Waals surface area contributed by atoms with Crippen LogP contribution in [0.1, 0.15) is 50.7 Å². The molecule has 0 amide bonds. The molecule has 0 spiro atoms. The standard InChI is InChI=1S/C20H25N/c1-3-7-17(8-4-2)21-18-11-12-20-16(14-18)13-15-9-5-6-10-19(15)20/h5-6,9-12,14,17,21H,3-4,7-8,13H2,1-2H3. The Hall–Kier alpha value is -1.76. The molecule has 0 heterocycles. The molecule has 0 radical (unpaired) electrons. The molecule has 0 fully saturated rings. The first-order valence-electron chi connectivity index (χ1n) is 8.29. The highest BCUT2D eigenvalue weighted by Crippen LogP contribution is 2.37. The van der Waals surface area contributed by atoms with E-state index in [1.54, 1.807) is 0 Å². The van der Waals surface area contributed by atoms with Crippen molar-refractivity contribution < 1.29 is 0 Å². The van der Waals surface area contributed by atoms with E-state index in [2.05, 4.69) is 61.6 Å². The van der Waals surface area contributed by atoms with Crippen molar-refractivity contribution in [3.05, 3.63) is 53.6 Å². The third-order valence-electron chi connectivity index (χ3n) is 4.44. The number of hydrogen-bond donors (Lipinski definition) is 1. The molecule has 2 aromatic rings. The first kappa shape index (κ1) is 14.2. The number of benzene rings is 2. The molecule has 3 rings (SSSR count). The van der Waals surface area contributed by atoms with E-state index in [-0.39, 0.29) is 0 Å². The Kier molecular flexibility index (Phi) is 4.28. The summed E-state index contributed by atoms with van der Waals surface area (Å²) in [4.78, 5) is 0. The van der Waals surface area contributed by atoms with Crippen molar-refractivity contribution in [2.75, 3.05) is 5.32 Å². The third-order valence-corrected chi connectivity index (χ3v) is 4.44. The van der Waals surface area contributed by atoms with Crippen molar-refractivity contribution in [2.45, 2.75) is 52.0 Å².